The fourth-order valence-electron chi connectivity index (χ4n) is 2.77. The molecule has 0 saturated carbocycles. The van der Waals surface area contributed by atoms with E-state index in [0.29, 0.717) is 0 Å². The molecule has 1 fully saturated rings. The van der Waals surface area contributed by atoms with Crippen molar-refractivity contribution in [2.24, 2.45) is 0 Å². The van der Waals surface area contributed by atoms with Gasteiger partial charge in [0, 0.05) is 11.3 Å². The summed E-state index contributed by atoms with van der Waals surface area (Å²) in [6.45, 7) is 9.32. The summed E-state index contributed by atoms with van der Waals surface area (Å²) in [4.78, 5) is 14.7. The molecule has 2 atom stereocenters. The number of hydrogen-bond acceptors (Lipinski definition) is 3. The van der Waals surface area contributed by atoms with Gasteiger partial charge in [0.25, 0.3) is 0 Å². The van der Waals surface area contributed by atoms with Gasteiger partial charge >= 0.3 is 0 Å². The maximum absolute atomic E-state index is 12.7. The summed E-state index contributed by atoms with van der Waals surface area (Å²) < 4.78 is 0.0565. The minimum absolute atomic E-state index is 0.00456. The number of nitrogens with zero attached hydrogens (tertiary/aromatic N) is 1. The molecule has 4 heteroatoms. The minimum Gasteiger partial charge on any atom is -0.320 e. The topological polar surface area (TPSA) is 32.3 Å². The van der Waals surface area contributed by atoms with E-state index in [1.54, 1.807) is 11.8 Å². The van der Waals surface area contributed by atoms with E-state index >= 15 is 0 Å². The van der Waals surface area contributed by atoms with Crippen molar-refractivity contribution >= 4 is 17.7 Å². The van der Waals surface area contributed by atoms with Crippen LogP contribution in [0.5, 0.6) is 0 Å². The van der Waals surface area contributed by atoms with Gasteiger partial charge in [-0.15, -0.1) is 0 Å². The predicted molar refractivity (Wildman–Crippen MR) is 90.4 cm³/mol. The second-order valence-electron chi connectivity index (χ2n) is 6.32. The second-order valence-corrected chi connectivity index (χ2v) is 7.83. The first-order chi connectivity index (χ1) is 9.89. The lowest BCUT2D eigenvalue weighted by molar-refractivity contribution is -0.130. The van der Waals surface area contributed by atoms with Crippen molar-refractivity contribution in [1.29, 1.82) is 0 Å². The van der Waals surface area contributed by atoms with Crippen molar-refractivity contribution in [2.45, 2.75) is 51.1 Å². The molecule has 1 aliphatic rings. The molecule has 1 aromatic rings. The Morgan fingerprint density at radius 2 is 2.00 bits per heavy atom. The van der Waals surface area contributed by atoms with Gasteiger partial charge in [-0.3, -0.25) is 10.1 Å². The Hall–Kier alpha value is -1.00. The van der Waals surface area contributed by atoms with Crippen LogP contribution < -0.4 is 5.32 Å². The highest BCUT2D eigenvalue weighted by Gasteiger charge is 2.41. The first kappa shape index (κ1) is 16.4. The lowest BCUT2D eigenvalue weighted by atomic mass is 10.1. The van der Waals surface area contributed by atoms with Crippen LogP contribution in [0.4, 0.5) is 0 Å². The van der Waals surface area contributed by atoms with E-state index < -0.39 is 0 Å². The molecular weight excluding hydrogens is 280 g/mol. The van der Waals surface area contributed by atoms with Crippen molar-refractivity contribution < 1.29 is 4.79 Å². The van der Waals surface area contributed by atoms with E-state index in [9.17, 15) is 4.79 Å². The highest BCUT2D eigenvalue weighted by molar-refractivity contribution is 7.99. The van der Waals surface area contributed by atoms with Crippen molar-refractivity contribution in [3.8, 4) is 0 Å². The van der Waals surface area contributed by atoms with Crippen LogP contribution in [0.15, 0.2) is 24.3 Å². The van der Waals surface area contributed by atoms with Crippen LogP contribution in [0.2, 0.25) is 0 Å². The van der Waals surface area contributed by atoms with Gasteiger partial charge < -0.3 is 4.90 Å². The molecule has 0 spiro atoms. The third kappa shape index (κ3) is 3.43. The molecule has 3 nitrogen and oxygen atoms in total. The summed E-state index contributed by atoms with van der Waals surface area (Å²) in [5.74, 6) is 0.230. The number of carbonyl (C=O) groups excluding carboxylic acids is 1. The first-order valence-electron chi connectivity index (χ1n) is 7.57. The number of carbonyl (C=O) groups is 1. The van der Waals surface area contributed by atoms with E-state index in [4.69, 9.17) is 0 Å². The standard InChI is InChI=1S/C17H26N2OS/c1-6-14-16(20)19(11-17(3,4)21-5)15(18-14)13-10-8-7-9-12(13)2/h7-10,14-15,18H,6,11H2,1-5H3. The summed E-state index contributed by atoms with van der Waals surface area (Å²) >= 11 is 1.80. The van der Waals surface area contributed by atoms with Crippen LogP contribution in [-0.4, -0.2) is 34.4 Å². The SMILES string of the molecule is CCC1NC(c2ccccc2C)N(CC(C)(C)SC)C1=O. The van der Waals surface area contributed by atoms with Crippen molar-refractivity contribution in [2.75, 3.05) is 12.8 Å². The monoisotopic (exact) mass is 306 g/mol. The number of thioether (sulfide) groups is 1. The molecule has 1 aromatic carbocycles. The zero-order chi connectivity index (χ0) is 15.6. The van der Waals surface area contributed by atoms with Gasteiger partial charge in [0.2, 0.25) is 5.91 Å². The van der Waals surface area contributed by atoms with Gasteiger partial charge in [0.15, 0.2) is 0 Å². The Balaban J connectivity index is 2.33. The Morgan fingerprint density at radius 3 is 2.57 bits per heavy atom. The van der Waals surface area contributed by atoms with E-state index in [1.165, 1.54) is 11.1 Å². The van der Waals surface area contributed by atoms with Crippen LogP contribution in [0.1, 0.15) is 44.5 Å². The summed E-state index contributed by atoms with van der Waals surface area (Å²) in [6, 6.07) is 8.26. The zero-order valence-electron chi connectivity index (χ0n) is 13.6. The number of rotatable bonds is 5. The average Bonchev–Trinajstić information content (AvgIpc) is 2.76. The first-order valence-corrected chi connectivity index (χ1v) is 8.79. The number of aryl methyl sites for hydroxylation is 1. The predicted octanol–water partition coefficient (Wildman–Crippen LogP) is 3.35. The summed E-state index contributed by atoms with van der Waals surface area (Å²) in [6.07, 6.45) is 2.93. The van der Waals surface area contributed by atoms with E-state index in [1.807, 2.05) is 17.0 Å². The number of hydrogen-bond donors (Lipinski definition) is 1. The summed E-state index contributed by atoms with van der Waals surface area (Å²) in [5.41, 5.74) is 2.44. The Bertz CT molecular complexity index is 515. The Labute approximate surface area is 132 Å². The van der Waals surface area contributed by atoms with Crippen molar-refractivity contribution in [1.82, 2.24) is 10.2 Å². The third-order valence-corrected chi connectivity index (χ3v) is 5.48. The summed E-state index contributed by atoms with van der Waals surface area (Å²) in [7, 11) is 0. The van der Waals surface area contributed by atoms with E-state index in [-0.39, 0.29) is 22.9 Å². The lowest BCUT2D eigenvalue weighted by Crippen LogP contribution is -2.40. The maximum atomic E-state index is 12.7. The summed E-state index contributed by atoms with van der Waals surface area (Å²) in [5, 5.41) is 3.51. The molecule has 0 bridgehead atoms. The highest BCUT2D eigenvalue weighted by Crippen LogP contribution is 2.32. The van der Waals surface area contributed by atoms with Crippen LogP contribution in [0.25, 0.3) is 0 Å². The molecular formula is C17H26N2OS. The van der Waals surface area contributed by atoms with Gasteiger partial charge in [-0.2, -0.15) is 11.8 Å². The van der Waals surface area contributed by atoms with Crippen LogP contribution in [-0.2, 0) is 4.79 Å². The number of benzene rings is 1. The van der Waals surface area contributed by atoms with Crippen molar-refractivity contribution in [3.05, 3.63) is 35.4 Å². The fourth-order valence-corrected chi connectivity index (χ4v) is 3.04. The fraction of sp³-hybridized carbons (Fsp3) is 0.588. The zero-order valence-corrected chi connectivity index (χ0v) is 14.5. The molecule has 2 rings (SSSR count). The van der Waals surface area contributed by atoms with Gasteiger partial charge in [0.1, 0.15) is 6.17 Å². The molecule has 116 valence electrons. The molecule has 1 N–H and O–H groups in total. The number of nitrogens with one attached hydrogen (secondary N) is 1. The van der Waals surface area contributed by atoms with E-state index in [0.717, 1.165) is 13.0 Å². The largest absolute Gasteiger partial charge is 0.320 e. The molecule has 0 aromatic heterocycles. The molecule has 1 aliphatic heterocycles. The van der Waals surface area contributed by atoms with Crippen LogP contribution in [0.3, 0.4) is 0 Å². The normalized spacial score (nSPS) is 22.9. The van der Waals surface area contributed by atoms with Crippen LogP contribution in [0, 0.1) is 6.92 Å². The minimum atomic E-state index is -0.0627. The third-order valence-electron chi connectivity index (χ3n) is 4.25. The second kappa shape index (κ2) is 6.41. The molecule has 0 aliphatic carbocycles. The van der Waals surface area contributed by atoms with Gasteiger partial charge in [-0.05, 0) is 44.6 Å². The average molecular weight is 306 g/mol. The van der Waals surface area contributed by atoms with E-state index in [2.05, 4.69) is 51.4 Å². The molecule has 1 saturated heterocycles. The number of amides is 1. The Morgan fingerprint density at radius 1 is 1.33 bits per heavy atom. The van der Waals surface area contributed by atoms with Crippen molar-refractivity contribution in [3.63, 3.8) is 0 Å². The molecule has 0 radical (unpaired) electrons. The maximum Gasteiger partial charge on any atom is 0.241 e. The molecule has 1 heterocycles. The molecule has 2 unspecified atom stereocenters. The Kier molecular flexibility index (Phi) is 4.99. The van der Waals surface area contributed by atoms with Gasteiger partial charge in [0.05, 0.1) is 6.04 Å². The molecule has 1 amide bonds. The molecule has 21 heavy (non-hydrogen) atoms. The highest BCUT2D eigenvalue weighted by atomic mass is 32.2. The van der Waals surface area contributed by atoms with Gasteiger partial charge in [-0.1, -0.05) is 31.2 Å². The smallest absolute Gasteiger partial charge is 0.241 e. The lowest BCUT2D eigenvalue weighted by Gasteiger charge is -2.33. The van der Waals surface area contributed by atoms with Gasteiger partial charge in [-0.25, -0.2) is 0 Å². The quantitative estimate of drug-likeness (QED) is 0.905. The van der Waals surface area contributed by atoms with Crippen LogP contribution >= 0.6 is 11.8 Å².